The smallest absolute Gasteiger partial charge is 0.311 e. The SMILES string of the molecule is COC(=O)Cc1cn2cc(Br)cc(-c3ccccc3)c2n1. The number of aromatic nitrogens is 2. The molecule has 106 valence electrons. The largest absolute Gasteiger partial charge is 0.469 e. The summed E-state index contributed by atoms with van der Waals surface area (Å²) in [6, 6.07) is 12.1. The van der Waals surface area contributed by atoms with Crippen molar-refractivity contribution >= 4 is 27.5 Å². The fourth-order valence-electron chi connectivity index (χ4n) is 2.25. The third-order valence-electron chi connectivity index (χ3n) is 3.21. The number of pyridine rings is 1. The number of nitrogens with zero attached hydrogens (tertiary/aromatic N) is 2. The Labute approximate surface area is 130 Å². The number of hydrogen-bond acceptors (Lipinski definition) is 3. The summed E-state index contributed by atoms with van der Waals surface area (Å²) < 4.78 is 7.57. The molecule has 0 amide bonds. The maximum atomic E-state index is 11.4. The number of rotatable bonds is 3. The minimum atomic E-state index is -0.293. The number of esters is 1. The van der Waals surface area contributed by atoms with E-state index in [-0.39, 0.29) is 12.4 Å². The molecule has 0 aliphatic carbocycles. The predicted octanol–water partition coefficient (Wildman–Crippen LogP) is 3.48. The zero-order valence-electron chi connectivity index (χ0n) is 11.4. The lowest BCUT2D eigenvalue weighted by molar-refractivity contribution is -0.139. The topological polar surface area (TPSA) is 43.6 Å². The normalized spacial score (nSPS) is 10.8. The molecule has 3 aromatic rings. The lowest BCUT2D eigenvalue weighted by Crippen LogP contribution is -2.04. The van der Waals surface area contributed by atoms with Crippen molar-refractivity contribution in [1.82, 2.24) is 9.38 Å². The number of benzene rings is 1. The number of ether oxygens (including phenoxy) is 1. The molecule has 0 spiro atoms. The van der Waals surface area contributed by atoms with Crippen LogP contribution in [0.2, 0.25) is 0 Å². The van der Waals surface area contributed by atoms with Gasteiger partial charge in [0.1, 0.15) is 5.65 Å². The standard InChI is InChI=1S/C16H13BrN2O2/c1-21-15(20)8-13-10-19-9-12(17)7-14(16(19)18-13)11-5-3-2-4-6-11/h2-7,9-10H,8H2,1H3. The summed E-state index contributed by atoms with van der Waals surface area (Å²) in [6.07, 6.45) is 3.95. The van der Waals surface area contributed by atoms with Crippen molar-refractivity contribution in [1.29, 1.82) is 0 Å². The number of imidazole rings is 1. The highest BCUT2D eigenvalue weighted by molar-refractivity contribution is 9.10. The zero-order chi connectivity index (χ0) is 14.8. The summed E-state index contributed by atoms with van der Waals surface area (Å²) in [5.74, 6) is -0.293. The number of carbonyl (C=O) groups is 1. The van der Waals surface area contributed by atoms with Gasteiger partial charge in [-0.25, -0.2) is 4.98 Å². The van der Waals surface area contributed by atoms with E-state index in [1.54, 1.807) is 0 Å². The summed E-state index contributed by atoms with van der Waals surface area (Å²) in [6.45, 7) is 0. The van der Waals surface area contributed by atoms with E-state index in [0.717, 1.165) is 21.2 Å². The molecule has 0 N–H and O–H groups in total. The second-order valence-electron chi connectivity index (χ2n) is 4.65. The number of fused-ring (bicyclic) bond motifs is 1. The van der Waals surface area contributed by atoms with Crippen LogP contribution in [-0.2, 0) is 16.0 Å². The van der Waals surface area contributed by atoms with Gasteiger partial charge in [-0.2, -0.15) is 0 Å². The molecule has 4 nitrogen and oxygen atoms in total. The monoisotopic (exact) mass is 344 g/mol. The maximum absolute atomic E-state index is 11.4. The first-order valence-corrected chi connectivity index (χ1v) is 7.26. The molecule has 0 aliphatic heterocycles. The molecule has 2 heterocycles. The molecule has 0 aliphatic rings. The Hall–Kier alpha value is -2.14. The van der Waals surface area contributed by atoms with Gasteiger partial charge in [-0.3, -0.25) is 4.79 Å². The lowest BCUT2D eigenvalue weighted by atomic mass is 10.1. The fourth-order valence-corrected chi connectivity index (χ4v) is 2.70. The van der Waals surface area contributed by atoms with Crippen molar-refractivity contribution in [3.8, 4) is 11.1 Å². The van der Waals surface area contributed by atoms with Crippen LogP contribution < -0.4 is 0 Å². The predicted molar refractivity (Wildman–Crippen MR) is 84.0 cm³/mol. The first kappa shape index (κ1) is 13.8. The second kappa shape index (κ2) is 5.69. The van der Waals surface area contributed by atoms with Crippen LogP contribution in [0.15, 0.2) is 53.3 Å². The highest BCUT2D eigenvalue weighted by Crippen LogP contribution is 2.27. The zero-order valence-corrected chi connectivity index (χ0v) is 13.0. The molecule has 0 radical (unpaired) electrons. The van der Waals surface area contributed by atoms with Crippen LogP contribution in [0, 0.1) is 0 Å². The summed E-state index contributed by atoms with van der Waals surface area (Å²) >= 11 is 3.51. The molecule has 0 unspecified atom stereocenters. The van der Waals surface area contributed by atoms with Gasteiger partial charge in [-0.1, -0.05) is 30.3 Å². The number of methoxy groups -OCH3 is 1. The maximum Gasteiger partial charge on any atom is 0.311 e. The average Bonchev–Trinajstić information content (AvgIpc) is 2.89. The van der Waals surface area contributed by atoms with Crippen LogP contribution in [0.3, 0.4) is 0 Å². The molecule has 21 heavy (non-hydrogen) atoms. The summed E-state index contributed by atoms with van der Waals surface area (Å²) in [7, 11) is 1.38. The minimum absolute atomic E-state index is 0.171. The average molecular weight is 345 g/mol. The van der Waals surface area contributed by atoms with E-state index in [4.69, 9.17) is 4.74 Å². The number of hydrogen-bond donors (Lipinski definition) is 0. The molecule has 0 saturated heterocycles. The van der Waals surface area contributed by atoms with Gasteiger partial charge in [0.25, 0.3) is 0 Å². The summed E-state index contributed by atoms with van der Waals surface area (Å²) in [5.41, 5.74) is 3.61. The molecule has 5 heteroatoms. The van der Waals surface area contributed by atoms with Gasteiger partial charge in [0.2, 0.25) is 0 Å². The van der Waals surface area contributed by atoms with Crippen LogP contribution >= 0.6 is 15.9 Å². The van der Waals surface area contributed by atoms with Crippen molar-refractivity contribution in [3.63, 3.8) is 0 Å². The molecule has 3 rings (SSSR count). The molecular weight excluding hydrogens is 332 g/mol. The Bertz CT molecular complexity index is 797. The highest BCUT2D eigenvalue weighted by Gasteiger charge is 2.12. The van der Waals surface area contributed by atoms with E-state index in [9.17, 15) is 4.79 Å². The van der Waals surface area contributed by atoms with Crippen molar-refractivity contribution in [2.24, 2.45) is 0 Å². The first-order chi connectivity index (χ1) is 10.2. The summed E-state index contributed by atoms with van der Waals surface area (Å²) in [5, 5.41) is 0. The third kappa shape index (κ3) is 2.83. The van der Waals surface area contributed by atoms with E-state index >= 15 is 0 Å². The third-order valence-corrected chi connectivity index (χ3v) is 3.64. The Morgan fingerprint density at radius 2 is 2.05 bits per heavy atom. The Kier molecular flexibility index (Phi) is 3.75. The van der Waals surface area contributed by atoms with Crippen molar-refractivity contribution < 1.29 is 9.53 Å². The van der Waals surface area contributed by atoms with Gasteiger partial charge >= 0.3 is 5.97 Å². The molecule has 0 saturated carbocycles. The van der Waals surface area contributed by atoms with Crippen LogP contribution in [0.1, 0.15) is 5.69 Å². The van der Waals surface area contributed by atoms with Crippen molar-refractivity contribution in [2.45, 2.75) is 6.42 Å². The van der Waals surface area contributed by atoms with Gasteiger partial charge in [-0.05, 0) is 27.6 Å². The Morgan fingerprint density at radius 1 is 1.29 bits per heavy atom. The number of halogens is 1. The van der Waals surface area contributed by atoms with Gasteiger partial charge in [0, 0.05) is 22.4 Å². The number of carbonyl (C=O) groups excluding carboxylic acids is 1. The van der Waals surface area contributed by atoms with E-state index in [2.05, 4.69) is 20.9 Å². The molecule has 0 fully saturated rings. The van der Waals surface area contributed by atoms with Crippen molar-refractivity contribution in [2.75, 3.05) is 7.11 Å². The molecule has 0 atom stereocenters. The van der Waals surface area contributed by atoms with Crippen molar-refractivity contribution in [3.05, 3.63) is 59.0 Å². The summed E-state index contributed by atoms with van der Waals surface area (Å²) in [4.78, 5) is 16.0. The second-order valence-corrected chi connectivity index (χ2v) is 5.57. The van der Waals surface area contributed by atoms with Gasteiger partial charge in [0.15, 0.2) is 0 Å². The minimum Gasteiger partial charge on any atom is -0.469 e. The Morgan fingerprint density at radius 3 is 2.76 bits per heavy atom. The lowest BCUT2D eigenvalue weighted by Gasteiger charge is -2.05. The fraction of sp³-hybridized carbons (Fsp3) is 0.125. The first-order valence-electron chi connectivity index (χ1n) is 6.47. The quantitative estimate of drug-likeness (QED) is 0.683. The highest BCUT2D eigenvalue weighted by atomic mass is 79.9. The molecular formula is C16H13BrN2O2. The van der Waals surface area contributed by atoms with Gasteiger partial charge < -0.3 is 9.14 Å². The molecule has 2 aromatic heterocycles. The van der Waals surface area contributed by atoms with Crippen LogP contribution in [0.4, 0.5) is 0 Å². The van der Waals surface area contributed by atoms with Crippen LogP contribution in [0.5, 0.6) is 0 Å². The van der Waals surface area contributed by atoms with E-state index in [1.165, 1.54) is 7.11 Å². The van der Waals surface area contributed by atoms with Gasteiger partial charge in [-0.15, -0.1) is 0 Å². The molecule has 1 aromatic carbocycles. The van der Waals surface area contributed by atoms with E-state index < -0.39 is 0 Å². The van der Waals surface area contributed by atoms with Crippen LogP contribution in [-0.4, -0.2) is 22.5 Å². The van der Waals surface area contributed by atoms with Gasteiger partial charge in [0.05, 0.1) is 19.2 Å². The van der Waals surface area contributed by atoms with E-state index in [1.807, 2.05) is 53.2 Å². The molecule has 0 bridgehead atoms. The van der Waals surface area contributed by atoms with E-state index in [0.29, 0.717) is 5.69 Å². The van der Waals surface area contributed by atoms with Crippen LogP contribution in [0.25, 0.3) is 16.8 Å². The Balaban J connectivity index is 2.14.